The molecule has 1 aromatic carbocycles. The Morgan fingerprint density at radius 3 is 2.95 bits per heavy atom. The van der Waals surface area contributed by atoms with E-state index in [2.05, 4.69) is 34.7 Å². The predicted octanol–water partition coefficient (Wildman–Crippen LogP) is 1.86. The van der Waals surface area contributed by atoms with Crippen molar-refractivity contribution in [2.24, 2.45) is 5.84 Å². The number of rotatable bonds is 4. The summed E-state index contributed by atoms with van der Waals surface area (Å²) in [6.45, 7) is 1.42. The van der Waals surface area contributed by atoms with Crippen molar-refractivity contribution in [2.45, 2.75) is 25.7 Å². The van der Waals surface area contributed by atoms with Crippen LogP contribution in [0.3, 0.4) is 0 Å². The highest BCUT2D eigenvalue weighted by Gasteiger charge is 2.16. The second-order valence-corrected chi connectivity index (χ2v) is 4.81. The first-order chi connectivity index (χ1) is 9.36. The van der Waals surface area contributed by atoms with Gasteiger partial charge in [-0.05, 0) is 34.7 Å². The Morgan fingerprint density at radius 1 is 1.26 bits per heavy atom. The number of benzene rings is 1. The molecule has 4 heteroatoms. The Morgan fingerprint density at radius 2 is 2.16 bits per heavy atom. The Labute approximate surface area is 112 Å². The van der Waals surface area contributed by atoms with Crippen molar-refractivity contribution in [1.82, 2.24) is 10.4 Å². The van der Waals surface area contributed by atoms with Crippen molar-refractivity contribution in [3.8, 4) is 0 Å². The standard InChI is InChI=1S/C15H17N3O/c16-18-15(6-11-2-1-5-17-8-11)12-3-4-13-9-19-10-14(13)7-12/h1-5,7-8,15,18H,6,9-10,16H2. The molecule has 0 aliphatic carbocycles. The number of hydrogen-bond donors (Lipinski definition) is 2. The average Bonchev–Trinajstić information content (AvgIpc) is 2.93. The van der Waals surface area contributed by atoms with Crippen LogP contribution in [0.25, 0.3) is 0 Å². The number of pyridine rings is 1. The number of nitrogens with zero attached hydrogens (tertiary/aromatic N) is 1. The molecule has 0 bridgehead atoms. The average molecular weight is 255 g/mol. The molecule has 1 aliphatic rings. The molecular formula is C15H17N3O. The van der Waals surface area contributed by atoms with E-state index in [4.69, 9.17) is 10.6 Å². The fourth-order valence-electron chi connectivity index (χ4n) is 2.44. The van der Waals surface area contributed by atoms with Crippen molar-refractivity contribution in [1.29, 1.82) is 0 Å². The molecule has 3 N–H and O–H groups in total. The quantitative estimate of drug-likeness (QED) is 0.646. The van der Waals surface area contributed by atoms with Gasteiger partial charge in [0, 0.05) is 12.4 Å². The minimum atomic E-state index is 0.0927. The van der Waals surface area contributed by atoms with Crippen molar-refractivity contribution in [2.75, 3.05) is 0 Å². The monoisotopic (exact) mass is 255 g/mol. The number of fused-ring (bicyclic) bond motifs is 1. The normalized spacial score (nSPS) is 15.2. The Hall–Kier alpha value is -1.75. The molecule has 1 unspecified atom stereocenters. The second-order valence-electron chi connectivity index (χ2n) is 4.81. The van der Waals surface area contributed by atoms with Crippen LogP contribution in [0.1, 0.15) is 28.3 Å². The molecular weight excluding hydrogens is 238 g/mol. The second kappa shape index (κ2) is 5.48. The third-order valence-corrected chi connectivity index (χ3v) is 3.51. The SMILES string of the molecule is NNC(Cc1cccnc1)c1ccc2c(c1)COC2. The molecule has 0 saturated heterocycles. The summed E-state index contributed by atoms with van der Waals surface area (Å²) in [5.74, 6) is 5.70. The Bertz CT molecular complexity index is 557. The van der Waals surface area contributed by atoms with E-state index in [1.165, 1.54) is 22.3 Å². The number of ether oxygens (including phenoxy) is 1. The lowest BCUT2D eigenvalue weighted by atomic mass is 9.97. The first-order valence-corrected chi connectivity index (χ1v) is 6.41. The van der Waals surface area contributed by atoms with Gasteiger partial charge in [-0.1, -0.05) is 24.3 Å². The summed E-state index contributed by atoms with van der Waals surface area (Å²) in [7, 11) is 0. The van der Waals surface area contributed by atoms with Gasteiger partial charge in [0.2, 0.25) is 0 Å². The first kappa shape index (κ1) is 12.3. The maximum absolute atomic E-state index is 5.70. The maximum atomic E-state index is 5.70. The van der Waals surface area contributed by atoms with E-state index >= 15 is 0 Å². The van der Waals surface area contributed by atoms with Crippen molar-refractivity contribution < 1.29 is 4.74 Å². The zero-order chi connectivity index (χ0) is 13.1. The highest BCUT2D eigenvalue weighted by molar-refractivity contribution is 5.35. The molecule has 2 aromatic rings. The molecule has 0 saturated carbocycles. The van der Waals surface area contributed by atoms with Crippen LogP contribution in [0, 0.1) is 0 Å². The van der Waals surface area contributed by atoms with E-state index in [1.54, 1.807) is 6.20 Å². The molecule has 0 radical (unpaired) electrons. The fraction of sp³-hybridized carbons (Fsp3) is 0.267. The van der Waals surface area contributed by atoms with Gasteiger partial charge in [-0.3, -0.25) is 16.3 Å². The number of nitrogens with one attached hydrogen (secondary N) is 1. The topological polar surface area (TPSA) is 60.2 Å². The van der Waals surface area contributed by atoms with Gasteiger partial charge < -0.3 is 4.74 Å². The zero-order valence-electron chi connectivity index (χ0n) is 10.7. The molecule has 1 atom stereocenters. The van der Waals surface area contributed by atoms with Gasteiger partial charge in [0.15, 0.2) is 0 Å². The molecule has 0 spiro atoms. The van der Waals surface area contributed by atoms with Gasteiger partial charge in [-0.15, -0.1) is 0 Å². The van der Waals surface area contributed by atoms with E-state index < -0.39 is 0 Å². The van der Waals surface area contributed by atoms with E-state index in [9.17, 15) is 0 Å². The summed E-state index contributed by atoms with van der Waals surface area (Å²) in [6, 6.07) is 10.5. The van der Waals surface area contributed by atoms with Crippen LogP contribution in [0.2, 0.25) is 0 Å². The predicted molar refractivity (Wildman–Crippen MR) is 72.9 cm³/mol. The third kappa shape index (κ3) is 2.66. The summed E-state index contributed by atoms with van der Waals surface area (Å²) >= 11 is 0. The Balaban J connectivity index is 1.82. The lowest BCUT2D eigenvalue weighted by molar-refractivity contribution is 0.134. The summed E-state index contributed by atoms with van der Waals surface area (Å²) in [5.41, 5.74) is 7.79. The van der Waals surface area contributed by atoms with Crippen LogP contribution < -0.4 is 11.3 Å². The van der Waals surface area contributed by atoms with Gasteiger partial charge in [-0.2, -0.15) is 0 Å². The van der Waals surface area contributed by atoms with E-state index in [-0.39, 0.29) is 6.04 Å². The molecule has 1 aromatic heterocycles. The van der Waals surface area contributed by atoms with Gasteiger partial charge in [-0.25, -0.2) is 0 Å². The van der Waals surface area contributed by atoms with E-state index in [1.807, 2.05) is 12.3 Å². The number of nitrogens with two attached hydrogens (primary N) is 1. The molecule has 0 fully saturated rings. The smallest absolute Gasteiger partial charge is 0.0725 e. The van der Waals surface area contributed by atoms with Gasteiger partial charge in [0.05, 0.1) is 19.3 Å². The molecule has 98 valence electrons. The molecule has 2 heterocycles. The van der Waals surface area contributed by atoms with Crippen LogP contribution in [-0.2, 0) is 24.4 Å². The summed E-state index contributed by atoms with van der Waals surface area (Å²) in [4.78, 5) is 4.13. The highest BCUT2D eigenvalue weighted by atomic mass is 16.5. The maximum Gasteiger partial charge on any atom is 0.0725 e. The lowest BCUT2D eigenvalue weighted by Crippen LogP contribution is -2.29. The van der Waals surface area contributed by atoms with E-state index in [0.717, 1.165) is 13.0 Å². The summed E-state index contributed by atoms with van der Waals surface area (Å²) in [5, 5.41) is 0. The minimum Gasteiger partial charge on any atom is -0.372 e. The van der Waals surface area contributed by atoms with Crippen LogP contribution in [-0.4, -0.2) is 4.98 Å². The molecule has 1 aliphatic heterocycles. The van der Waals surface area contributed by atoms with E-state index in [0.29, 0.717) is 6.61 Å². The number of aromatic nitrogens is 1. The minimum absolute atomic E-state index is 0.0927. The summed E-state index contributed by atoms with van der Waals surface area (Å²) < 4.78 is 5.44. The fourth-order valence-corrected chi connectivity index (χ4v) is 2.44. The highest BCUT2D eigenvalue weighted by Crippen LogP contribution is 2.25. The van der Waals surface area contributed by atoms with Crippen LogP contribution in [0.15, 0.2) is 42.7 Å². The number of hydrazine groups is 1. The van der Waals surface area contributed by atoms with Crippen LogP contribution in [0.4, 0.5) is 0 Å². The largest absolute Gasteiger partial charge is 0.372 e. The van der Waals surface area contributed by atoms with Crippen LogP contribution in [0.5, 0.6) is 0 Å². The molecule has 3 rings (SSSR count). The lowest BCUT2D eigenvalue weighted by Gasteiger charge is -2.17. The Kier molecular flexibility index (Phi) is 3.55. The van der Waals surface area contributed by atoms with Crippen LogP contribution >= 0.6 is 0 Å². The number of hydrogen-bond acceptors (Lipinski definition) is 4. The molecule has 0 amide bonds. The first-order valence-electron chi connectivity index (χ1n) is 6.41. The van der Waals surface area contributed by atoms with Crippen molar-refractivity contribution >= 4 is 0 Å². The van der Waals surface area contributed by atoms with Gasteiger partial charge in [0.1, 0.15) is 0 Å². The third-order valence-electron chi connectivity index (χ3n) is 3.51. The van der Waals surface area contributed by atoms with Crippen molar-refractivity contribution in [3.05, 3.63) is 65.0 Å². The van der Waals surface area contributed by atoms with Crippen molar-refractivity contribution in [3.63, 3.8) is 0 Å². The zero-order valence-corrected chi connectivity index (χ0v) is 10.7. The van der Waals surface area contributed by atoms with Gasteiger partial charge in [0.25, 0.3) is 0 Å². The molecule has 19 heavy (non-hydrogen) atoms. The summed E-state index contributed by atoms with van der Waals surface area (Å²) in [6.07, 6.45) is 4.48. The van der Waals surface area contributed by atoms with Gasteiger partial charge >= 0.3 is 0 Å². The molecule has 4 nitrogen and oxygen atoms in total.